The number of carbonyl (C=O) groups is 2. The SMILES string of the molecule is Cc1nn(C)c(C)c1NC(=O)[C@H](C)OC(=O)c1cc(Br)ccc1N. The molecule has 0 aliphatic heterocycles. The molecule has 0 bridgehead atoms. The third-order valence-electron chi connectivity index (χ3n) is 3.65. The van der Waals surface area contributed by atoms with Crippen molar-refractivity contribution in [1.82, 2.24) is 9.78 Å². The Balaban J connectivity index is 2.08. The van der Waals surface area contributed by atoms with E-state index in [1.54, 1.807) is 36.9 Å². The Labute approximate surface area is 148 Å². The Kier molecular flexibility index (Phi) is 5.28. The molecule has 0 radical (unpaired) electrons. The van der Waals surface area contributed by atoms with Crippen molar-refractivity contribution in [1.29, 1.82) is 0 Å². The number of hydrogen-bond acceptors (Lipinski definition) is 5. The highest BCUT2D eigenvalue weighted by Gasteiger charge is 2.22. The molecule has 1 amide bonds. The van der Waals surface area contributed by atoms with Gasteiger partial charge in [0.2, 0.25) is 0 Å². The molecule has 0 spiro atoms. The van der Waals surface area contributed by atoms with Gasteiger partial charge in [0.15, 0.2) is 6.10 Å². The number of anilines is 2. The lowest BCUT2D eigenvalue weighted by molar-refractivity contribution is -0.123. The van der Waals surface area contributed by atoms with Gasteiger partial charge in [-0.2, -0.15) is 5.10 Å². The van der Waals surface area contributed by atoms with Gasteiger partial charge in [-0.3, -0.25) is 9.48 Å². The number of ether oxygens (including phenoxy) is 1. The summed E-state index contributed by atoms with van der Waals surface area (Å²) in [6.07, 6.45) is -0.977. The highest BCUT2D eigenvalue weighted by molar-refractivity contribution is 9.10. The maximum atomic E-state index is 12.3. The fourth-order valence-corrected chi connectivity index (χ4v) is 2.52. The Morgan fingerprint density at radius 2 is 2.04 bits per heavy atom. The van der Waals surface area contributed by atoms with Gasteiger partial charge in [0.25, 0.3) is 5.91 Å². The molecule has 0 aliphatic rings. The first-order valence-corrected chi connectivity index (χ1v) is 8.07. The van der Waals surface area contributed by atoms with Crippen molar-refractivity contribution in [3.8, 4) is 0 Å². The topological polar surface area (TPSA) is 99.2 Å². The van der Waals surface area contributed by atoms with E-state index in [1.165, 1.54) is 6.92 Å². The fourth-order valence-electron chi connectivity index (χ4n) is 2.16. The first-order valence-electron chi connectivity index (χ1n) is 7.27. The molecule has 1 atom stereocenters. The van der Waals surface area contributed by atoms with Gasteiger partial charge >= 0.3 is 5.97 Å². The van der Waals surface area contributed by atoms with E-state index < -0.39 is 18.0 Å². The molecular formula is C16H19BrN4O3. The molecule has 0 aliphatic carbocycles. The predicted octanol–water partition coefficient (Wildman–Crippen LogP) is 2.57. The van der Waals surface area contributed by atoms with Gasteiger partial charge in [0, 0.05) is 17.2 Å². The van der Waals surface area contributed by atoms with Gasteiger partial charge in [-0.1, -0.05) is 15.9 Å². The molecule has 0 saturated carbocycles. The average molecular weight is 395 g/mol. The number of nitrogen functional groups attached to an aromatic ring is 1. The molecule has 8 heteroatoms. The lowest BCUT2D eigenvalue weighted by Gasteiger charge is -2.14. The van der Waals surface area contributed by atoms with Crippen LogP contribution in [0.2, 0.25) is 0 Å². The number of nitrogens with one attached hydrogen (secondary N) is 1. The standard InChI is InChI=1S/C16H19BrN4O3/c1-8-14(9(2)21(4)20-8)19-15(22)10(3)24-16(23)12-7-11(17)5-6-13(12)18/h5-7,10H,18H2,1-4H3,(H,19,22)/t10-/m0/s1. The molecular weight excluding hydrogens is 376 g/mol. The van der Waals surface area contributed by atoms with Crippen LogP contribution in [0, 0.1) is 13.8 Å². The summed E-state index contributed by atoms with van der Waals surface area (Å²) in [5.41, 5.74) is 8.39. The lowest BCUT2D eigenvalue weighted by atomic mass is 10.2. The summed E-state index contributed by atoms with van der Waals surface area (Å²) in [5, 5.41) is 6.97. The summed E-state index contributed by atoms with van der Waals surface area (Å²) in [7, 11) is 1.79. The second-order valence-corrected chi connectivity index (χ2v) is 6.35. The predicted molar refractivity (Wildman–Crippen MR) is 94.7 cm³/mol. The number of nitrogens with two attached hydrogens (primary N) is 1. The molecule has 2 rings (SSSR count). The van der Waals surface area contributed by atoms with Gasteiger partial charge in [-0.25, -0.2) is 4.79 Å². The molecule has 1 aromatic carbocycles. The van der Waals surface area contributed by atoms with Gasteiger partial charge < -0.3 is 15.8 Å². The smallest absolute Gasteiger partial charge is 0.341 e. The van der Waals surface area contributed by atoms with E-state index in [-0.39, 0.29) is 11.3 Å². The maximum Gasteiger partial charge on any atom is 0.341 e. The monoisotopic (exact) mass is 394 g/mol. The molecule has 3 N–H and O–H groups in total. The zero-order chi connectivity index (χ0) is 18.0. The van der Waals surface area contributed by atoms with Crippen molar-refractivity contribution in [3.05, 3.63) is 39.6 Å². The molecule has 0 unspecified atom stereocenters. The summed E-state index contributed by atoms with van der Waals surface area (Å²) in [6, 6.07) is 4.86. The number of hydrogen-bond donors (Lipinski definition) is 2. The highest BCUT2D eigenvalue weighted by Crippen LogP contribution is 2.21. The Bertz CT molecular complexity index is 801. The molecule has 2 aromatic rings. The van der Waals surface area contributed by atoms with Crippen LogP contribution in [0.1, 0.15) is 28.7 Å². The number of halogens is 1. The summed E-state index contributed by atoms with van der Waals surface area (Å²) in [5.74, 6) is -1.09. The van der Waals surface area contributed by atoms with Crippen molar-refractivity contribution in [2.24, 2.45) is 7.05 Å². The largest absolute Gasteiger partial charge is 0.449 e. The molecule has 128 valence electrons. The zero-order valence-electron chi connectivity index (χ0n) is 13.9. The number of amides is 1. The Hall–Kier alpha value is -2.35. The summed E-state index contributed by atoms with van der Waals surface area (Å²) in [6.45, 7) is 5.14. The quantitative estimate of drug-likeness (QED) is 0.613. The van der Waals surface area contributed by atoms with E-state index in [9.17, 15) is 9.59 Å². The Morgan fingerprint density at radius 1 is 1.38 bits per heavy atom. The van der Waals surface area contributed by atoms with Crippen LogP contribution in [0.15, 0.2) is 22.7 Å². The first-order chi connectivity index (χ1) is 11.2. The van der Waals surface area contributed by atoms with Crippen molar-refractivity contribution in [2.75, 3.05) is 11.1 Å². The number of nitrogens with zero attached hydrogens (tertiary/aromatic N) is 2. The fraction of sp³-hybridized carbons (Fsp3) is 0.312. The van der Waals surface area contributed by atoms with Crippen LogP contribution in [0.4, 0.5) is 11.4 Å². The lowest BCUT2D eigenvalue weighted by Crippen LogP contribution is -2.30. The van der Waals surface area contributed by atoms with E-state index in [2.05, 4.69) is 26.3 Å². The number of rotatable bonds is 4. The van der Waals surface area contributed by atoms with Crippen molar-refractivity contribution >= 4 is 39.2 Å². The minimum atomic E-state index is -0.977. The van der Waals surface area contributed by atoms with Gasteiger partial charge in [0.05, 0.1) is 22.6 Å². The van der Waals surface area contributed by atoms with E-state index in [0.29, 0.717) is 15.9 Å². The second kappa shape index (κ2) is 7.04. The van der Waals surface area contributed by atoms with E-state index >= 15 is 0 Å². The van der Waals surface area contributed by atoms with Crippen molar-refractivity contribution in [3.63, 3.8) is 0 Å². The molecule has 0 fully saturated rings. The van der Waals surface area contributed by atoms with Crippen LogP contribution in [0.3, 0.4) is 0 Å². The minimum Gasteiger partial charge on any atom is -0.449 e. The number of benzene rings is 1. The van der Waals surface area contributed by atoms with Gasteiger partial charge in [-0.05, 0) is 39.0 Å². The van der Waals surface area contributed by atoms with Crippen molar-refractivity contribution in [2.45, 2.75) is 26.9 Å². The molecule has 1 aromatic heterocycles. The molecule has 24 heavy (non-hydrogen) atoms. The van der Waals surface area contributed by atoms with Crippen LogP contribution in [0.5, 0.6) is 0 Å². The first kappa shape index (κ1) is 18.0. The highest BCUT2D eigenvalue weighted by atomic mass is 79.9. The maximum absolute atomic E-state index is 12.3. The number of aryl methyl sites for hydroxylation is 2. The third kappa shape index (κ3) is 3.76. The van der Waals surface area contributed by atoms with Crippen LogP contribution < -0.4 is 11.1 Å². The average Bonchev–Trinajstić information content (AvgIpc) is 2.75. The summed E-state index contributed by atoms with van der Waals surface area (Å²) >= 11 is 3.27. The second-order valence-electron chi connectivity index (χ2n) is 5.44. The van der Waals surface area contributed by atoms with E-state index in [4.69, 9.17) is 10.5 Å². The number of aromatic nitrogens is 2. The summed E-state index contributed by atoms with van der Waals surface area (Å²) < 4.78 is 7.58. The third-order valence-corrected chi connectivity index (χ3v) is 4.14. The normalized spacial score (nSPS) is 11.9. The van der Waals surface area contributed by atoms with E-state index in [0.717, 1.165) is 5.69 Å². The van der Waals surface area contributed by atoms with Gasteiger partial charge in [0.1, 0.15) is 0 Å². The van der Waals surface area contributed by atoms with Crippen LogP contribution in [0.25, 0.3) is 0 Å². The van der Waals surface area contributed by atoms with E-state index in [1.807, 2.05) is 6.92 Å². The number of esters is 1. The van der Waals surface area contributed by atoms with Crippen LogP contribution >= 0.6 is 15.9 Å². The Morgan fingerprint density at radius 3 is 2.62 bits per heavy atom. The zero-order valence-corrected chi connectivity index (χ0v) is 15.5. The van der Waals surface area contributed by atoms with Crippen LogP contribution in [-0.4, -0.2) is 27.8 Å². The van der Waals surface area contributed by atoms with Crippen molar-refractivity contribution < 1.29 is 14.3 Å². The minimum absolute atomic E-state index is 0.206. The molecule has 7 nitrogen and oxygen atoms in total. The van der Waals surface area contributed by atoms with Crippen LogP contribution in [-0.2, 0) is 16.6 Å². The number of carbonyl (C=O) groups excluding carboxylic acids is 2. The van der Waals surface area contributed by atoms with Gasteiger partial charge in [-0.15, -0.1) is 0 Å². The molecule has 0 saturated heterocycles. The molecule has 1 heterocycles. The summed E-state index contributed by atoms with van der Waals surface area (Å²) in [4.78, 5) is 24.5.